The lowest BCUT2D eigenvalue weighted by atomic mass is 9.99. The van der Waals surface area contributed by atoms with Gasteiger partial charge in [0.2, 0.25) is 5.65 Å². The number of carbonyl (C=O) groups excluding carboxylic acids is 1. The average Bonchev–Trinajstić information content (AvgIpc) is 3.47. The molecule has 1 unspecified atom stereocenters. The van der Waals surface area contributed by atoms with Crippen molar-refractivity contribution >= 4 is 39.9 Å². The normalized spacial score (nSPS) is 18.3. The number of benzene rings is 2. The highest BCUT2D eigenvalue weighted by Gasteiger charge is 2.35. The van der Waals surface area contributed by atoms with E-state index in [4.69, 9.17) is 21.1 Å². The van der Waals surface area contributed by atoms with E-state index in [0.29, 0.717) is 42.3 Å². The minimum Gasteiger partial charge on any atom is -0.383 e. The molecule has 36 heavy (non-hydrogen) atoms. The van der Waals surface area contributed by atoms with Gasteiger partial charge in [-0.25, -0.2) is 0 Å². The Labute approximate surface area is 212 Å². The van der Waals surface area contributed by atoms with E-state index < -0.39 is 0 Å². The summed E-state index contributed by atoms with van der Waals surface area (Å²) in [6.07, 6.45) is 2.31. The van der Waals surface area contributed by atoms with Crippen LogP contribution in [0.15, 0.2) is 35.1 Å². The average molecular weight is 508 g/mol. The van der Waals surface area contributed by atoms with Crippen molar-refractivity contribution in [3.05, 3.63) is 68.2 Å². The van der Waals surface area contributed by atoms with Crippen LogP contribution in [0.3, 0.4) is 0 Å². The third kappa shape index (κ3) is 3.70. The largest absolute Gasteiger partial charge is 0.383 e. The second kappa shape index (κ2) is 8.99. The molecule has 10 heteroatoms. The summed E-state index contributed by atoms with van der Waals surface area (Å²) in [6.45, 7) is 3.62. The molecule has 2 aromatic heterocycles. The Morgan fingerprint density at radius 1 is 1.22 bits per heavy atom. The Morgan fingerprint density at radius 2 is 2.03 bits per heavy atom. The molecule has 1 saturated heterocycles. The van der Waals surface area contributed by atoms with Crippen molar-refractivity contribution in [3.63, 3.8) is 0 Å². The maximum Gasteiger partial charge on any atom is 0.294 e. The SMILES string of the molecule is COCC1Cc2cc(Cl)ccc2N1C(=O)c1cc2[nH]c(=O)c3nnc(C4CCOCC4)n3c2cc1C. The zero-order valence-corrected chi connectivity index (χ0v) is 20.8. The molecule has 0 radical (unpaired) electrons. The number of H-pyrrole nitrogens is 1. The van der Waals surface area contributed by atoms with Crippen LogP contribution in [0.4, 0.5) is 5.69 Å². The maximum atomic E-state index is 14.0. The molecule has 9 nitrogen and oxygen atoms in total. The van der Waals surface area contributed by atoms with Crippen LogP contribution >= 0.6 is 11.6 Å². The van der Waals surface area contributed by atoms with Gasteiger partial charge in [0.25, 0.3) is 11.5 Å². The zero-order valence-electron chi connectivity index (χ0n) is 20.1. The number of hydrogen-bond donors (Lipinski definition) is 1. The first kappa shape index (κ1) is 23.1. The van der Waals surface area contributed by atoms with Gasteiger partial charge in [0.1, 0.15) is 5.82 Å². The number of aromatic amines is 1. The highest BCUT2D eigenvalue weighted by molar-refractivity contribution is 6.30. The van der Waals surface area contributed by atoms with Gasteiger partial charge in [0.05, 0.1) is 23.7 Å². The van der Waals surface area contributed by atoms with Crippen molar-refractivity contribution in [2.24, 2.45) is 0 Å². The highest BCUT2D eigenvalue weighted by atomic mass is 35.5. The number of hydrogen-bond acceptors (Lipinski definition) is 6. The summed E-state index contributed by atoms with van der Waals surface area (Å²) >= 11 is 6.22. The van der Waals surface area contributed by atoms with Crippen LogP contribution in [-0.4, -0.2) is 58.5 Å². The monoisotopic (exact) mass is 507 g/mol. The van der Waals surface area contributed by atoms with Crippen LogP contribution < -0.4 is 10.5 Å². The first-order valence-electron chi connectivity index (χ1n) is 12.1. The number of aromatic nitrogens is 4. The summed E-state index contributed by atoms with van der Waals surface area (Å²) in [5.41, 5.74) is 4.41. The molecule has 1 N–H and O–H groups in total. The molecular formula is C26H26ClN5O4. The number of halogens is 1. The summed E-state index contributed by atoms with van der Waals surface area (Å²) < 4.78 is 12.8. The Balaban J connectivity index is 1.48. The molecule has 2 aromatic carbocycles. The van der Waals surface area contributed by atoms with E-state index in [0.717, 1.165) is 41.0 Å². The molecular weight excluding hydrogens is 482 g/mol. The van der Waals surface area contributed by atoms with Crippen molar-refractivity contribution in [1.82, 2.24) is 19.6 Å². The van der Waals surface area contributed by atoms with E-state index in [9.17, 15) is 9.59 Å². The minimum atomic E-state index is -0.339. The molecule has 1 atom stereocenters. The number of methoxy groups -OCH3 is 1. The number of ether oxygens (including phenoxy) is 2. The van der Waals surface area contributed by atoms with E-state index in [1.54, 1.807) is 24.1 Å². The Hall–Kier alpha value is -3.27. The first-order chi connectivity index (χ1) is 17.5. The minimum absolute atomic E-state index is 0.146. The fourth-order valence-corrected chi connectivity index (χ4v) is 5.71. The van der Waals surface area contributed by atoms with E-state index in [-0.39, 0.29) is 29.1 Å². The topological polar surface area (TPSA) is 102 Å². The number of carbonyl (C=O) groups is 1. The van der Waals surface area contributed by atoms with E-state index in [1.165, 1.54) is 0 Å². The summed E-state index contributed by atoms with van der Waals surface area (Å²) in [7, 11) is 1.63. The molecule has 0 saturated carbocycles. The van der Waals surface area contributed by atoms with Gasteiger partial charge in [-0.3, -0.25) is 14.0 Å². The van der Waals surface area contributed by atoms with Crippen molar-refractivity contribution in [2.45, 2.75) is 38.1 Å². The number of anilines is 1. The molecule has 4 heterocycles. The van der Waals surface area contributed by atoms with Gasteiger partial charge in [-0.15, -0.1) is 10.2 Å². The van der Waals surface area contributed by atoms with Crippen molar-refractivity contribution in [3.8, 4) is 0 Å². The Kier molecular flexibility index (Phi) is 5.78. The van der Waals surface area contributed by atoms with Crippen molar-refractivity contribution in [2.75, 3.05) is 31.8 Å². The predicted molar refractivity (Wildman–Crippen MR) is 136 cm³/mol. The molecule has 2 aliphatic heterocycles. The van der Waals surface area contributed by atoms with Crippen LogP contribution in [0.1, 0.15) is 46.1 Å². The van der Waals surface area contributed by atoms with Crippen LogP contribution in [0.25, 0.3) is 16.7 Å². The lowest BCUT2D eigenvalue weighted by Gasteiger charge is -2.26. The number of rotatable bonds is 4. The van der Waals surface area contributed by atoms with E-state index in [1.807, 2.05) is 29.5 Å². The van der Waals surface area contributed by atoms with E-state index >= 15 is 0 Å². The lowest BCUT2D eigenvalue weighted by Crippen LogP contribution is -2.40. The zero-order chi connectivity index (χ0) is 25.0. The van der Waals surface area contributed by atoms with Crippen LogP contribution in [0, 0.1) is 6.92 Å². The molecule has 1 amide bonds. The molecule has 0 spiro atoms. The van der Waals surface area contributed by atoms with Gasteiger partial charge in [0, 0.05) is 42.5 Å². The molecule has 1 fully saturated rings. The molecule has 4 aromatic rings. The predicted octanol–water partition coefficient (Wildman–Crippen LogP) is 3.64. The summed E-state index contributed by atoms with van der Waals surface area (Å²) in [6, 6.07) is 9.12. The molecule has 2 aliphatic rings. The van der Waals surface area contributed by atoms with Gasteiger partial charge < -0.3 is 19.4 Å². The fourth-order valence-electron chi connectivity index (χ4n) is 5.51. The van der Waals surface area contributed by atoms with Gasteiger partial charge >= 0.3 is 0 Å². The third-order valence-electron chi connectivity index (χ3n) is 7.24. The van der Waals surface area contributed by atoms with Crippen molar-refractivity contribution in [1.29, 1.82) is 0 Å². The number of nitrogens with one attached hydrogen (secondary N) is 1. The Morgan fingerprint density at radius 3 is 2.81 bits per heavy atom. The maximum absolute atomic E-state index is 14.0. The number of aryl methyl sites for hydroxylation is 1. The Bertz CT molecular complexity index is 1560. The second-order valence-electron chi connectivity index (χ2n) is 9.50. The number of nitrogens with zero attached hydrogens (tertiary/aromatic N) is 4. The van der Waals surface area contributed by atoms with Gasteiger partial charge in [-0.1, -0.05) is 11.6 Å². The van der Waals surface area contributed by atoms with Gasteiger partial charge in [-0.05, 0) is 67.6 Å². The quantitative estimate of drug-likeness (QED) is 0.452. The standard InChI is InChI=1S/C26H26ClN5O4/c1-14-9-22-20(28-25(33)24-30-29-23(32(22)24)15-5-7-36-8-6-15)12-19(14)26(34)31-18(13-35-2)11-16-10-17(27)3-4-21(16)31/h3-4,9-10,12,15,18H,5-8,11,13H2,1-2H3,(H,28,33). The number of fused-ring (bicyclic) bond motifs is 4. The highest BCUT2D eigenvalue weighted by Crippen LogP contribution is 2.36. The second-order valence-corrected chi connectivity index (χ2v) is 9.94. The summed E-state index contributed by atoms with van der Waals surface area (Å²) in [4.78, 5) is 31.6. The lowest BCUT2D eigenvalue weighted by molar-refractivity contribution is 0.0834. The molecule has 186 valence electrons. The first-order valence-corrected chi connectivity index (χ1v) is 12.4. The van der Waals surface area contributed by atoms with Crippen LogP contribution in [0.5, 0.6) is 0 Å². The van der Waals surface area contributed by atoms with Gasteiger partial charge in [0.15, 0.2) is 0 Å². The van der Waals surface area contributed by atoms with Crippen LogP contribution in [0.2, 0.25) is 5.02 Å². The summed E-state index contributed by atoms with van der Waals surface area (Å²) in [5, 5.41) is 9.20. The van der Waals surface area contributed by atoms with Crippen LogP contribution in [-0.2, 0) is 15.9 Å². The number of amides is 1. The smallest absolute Gasteiger partial charge is 0.294 e. The fraction of sp³-hybridized carbons (Fsp3) is 0.385. The third-order valence-corrected chi connectivity index (χ3v) is 7.47. The summed E-state index contributed by atoms with van der Waals surface area (Å²) in [5.74, 6) is 0.767. The molecule has 0 bridgehead atoms. The van der Waals surface area contributed by atoms with Crippen molar-refractivity contribution < 1.29 is 14.3 Å². The van der Waals surface area contributed by atoms with Gasteiger partial charge in [-0.2, -0.15) is 0 Å². The molecule has 0 aliphatic carbocycles. The molecule has 6 rings (SSSR count). The van der Waals surface area contributed by atoms with E-state index in [2.05, 4.69) is 15.2 Å².